The summed E-state index contributed by atoms with van der Waals surface area (Å²) in [5.74, 6) is 0.0625. The van der Waals surface area contributed by atoms with Crippen molar-refractivity contribution in [1.29, 1.82) is 0 Å². The third-order valence-corrected chi connectivity index (χ3v) is 3.82. The van der Waals surface area contributed by atoms with E-state index in [1.165, 1.54) is 5.56 Å². The summed E-state index contributed by atoms with van der Waals surface area (Å²) in [5.41, 5.74) is 7.76. The summed E-state index contributed by atoms with van der Waals surface area (Å²) in [6, 6.07) is 8.08. The fourth-order valence-corrected chi connectivity index (χ4v) is 2.37. The fourth-order valence-electron chi connectivity index (χ4n) is 2.37. The van der Waals surface area contributed by atoms with E-state index in [2.05, 4.69) is 6.07 Å². The Labute approximate surface area is 103 Å². The Kier molecular flexibility index (Phi) is 3.20. The van der Waals surface area contributed by atoms with Gasteiger partial charge in [0.1, 0.15) is 0 Å². The predicted molar refractivity (Wildman–Crippen MR) is 70.0 cm³/mol. The smallest absolute Gasteiger partial charge is 0.247 e. The summed E-state index contributed by atoms with van der Waals surface area (Å²) in [6.45, 7) is 4.71. The van der Waals surface area contributed by atoms with Crippen molar-refractivity contribution in [2.45, 2.75) is 38.6 Å². The molecular weight excluding hydrogens is 212 g/mol. The molecule has 0 radical (unpaired) electrons. The fraction of sp³-hybridized carbons (Fsp3) is 0.500. The zero-order valence-corrected chi connectivity index (χ0v) is 10.6. The Hall–Kier alpha value is -1.35. The van der Waals surface area contributed by atoms with Crippen LogP contribution in [0.15, 0.2) is 24.3 Å². The minimum atomic E-state index is -0.711. The number of para-hydroxylation sites is 1. The summed E-state index contributed by atoms with van der Waals surface area (Å²) in [6.07, 6.45) is 2.30. The van der Waals surface area contributed by atoms with Gasteiger partial charge in [0, 0.05) is 12.2 Å². The number of anilines is 1. The van der Waals surface area contributed by atoms with Crippen LogP contribution >= 0.6 is 0 Å². The quantitative estimate of drug-likeness (QED) is 0.867. The molecule has 0 spiro atoms. The molecule has 2 rings (SSSR count). The summed E-state index contributed by atoms with van der Waals surface area (Å²) >= 11 is 0. The predicted octanol–water partition coefficient (Wildman–Crippen LogP) is 2.09. The molecule has 0 unspecified atom stereocenters. The minimum absolute atomic E-state index is 0.0625. The van der Waals surface area contributed by atoms with E-state index in [9.17, 15) is 4.79 Å². The van der Waals surface area contributed by atoms with Crippen molar-refractivity contribution >= 4 is 11.6 Å². The lowest BCUT2D eigenvalue weighted by Gasteiger charge is -2.30. The zero-order valence-electron chi connectivity index (χ0n) is 10.6. The number of amides is 1. The van der Waals surface area contributed by atoms with E-state index in [0.717, 1.165) is 18.7 Å². The van der Waals surface area contributed by atoms with Crippen LogP contribution in [0.1, 0.15) is 32.3 Å². The molecule has 0 fully saturated rings. The molecule has 1 aromatic rings. The molecule has 0 aliphatic carbocycles. The molecule has 0 atom stereocenters. The van der Waals surface area contributed by atoms with Crippen LogP contribution in [0.5, 0.6) is 0 Å². The van der Waals surface area contributed by atoms with Gasteiger partial charge in [-0.3, -0.25) is 4.79 Å². The third-order valence-electron chi connectivity index (χ3n) is 3.82. The molecule has 3 heteroatoms. The molecule has 0 saturated heterocycles. The number of nitrogens with zero attached hydrogens (tertiary/aromatic N) is 1. The van der Waals surface area contributed by atoms with Gasteiger partial charge >= 0.3 is 0 Å². The maximum Gasteiger partial charge on any atom is 0.247 e. The Morgan fingerprint density at radius 1 is 1.35 bits per heavy atom. The molecular formula is C14H20N2O. The number of carbonyl (C=O) groups excluding carboxylic acids is 1. The monoisotopic (exact) mass is 232 g/mol. The van der Waals surface area contributed by atoms with E-state index in [0.29, 0.717) is 12.8 Å². The van der Waals surface area contributed by atoms with Gasteiger partial charge in [0.25, 0.3) is 0 Å². The lowest BCUT2D eigenvalue weighted by Crippen LogP contribution is -2.54. The number of nitrogens with two attached hydrogens (primary N) is 1. The maximum absolute atomic E-state index is 12.5. The number of benzene rings is 1. The summed E-state index contributed by atoms with van der Waals surface area (Å²) in [7, 11) is 0. The van der Waals surface area contributed by atoms with E-state index >= 15 is 0 Å². The molecule has 2 N–H and O–H groups in total. The first-order chi connectivity index (χ1) is 8.12. The van der Waals surface area contributed by atoms with Gasteiger partial charge in [-0.15, -0.1) is 0 Å². The van der Waals surface area contributed by atoms with Gasteiger partial charge in [-0.1, -0.05) is 32.0 Å². The first-order valence-corrected chi connectivity index (χ1v) is 6.31. The van der Waals surface area contributed by atoms with Crippen LogP contribution in [0.3, 0.4) is 0 Å². The van der Waals surface area contributed by atoms with Gasteiger partial charge in [0.2, 0.25) is 5.91 Å². The highest BCUT2D eigenvalue weighted by Crippen LogP contribution is 2.30. The molecule has 0 aromatic heterocycles. The molecule has 3 nitrogen and oxygen atoms in total. The average Bonchev–Trinajstić information content (AvgIpc) is 2.80. The highest BCUT2D eigenvalue weighted by Gasteiger charge is 2.36. The summed E-state index contributed by atoms with van der Waals surface area (Å²) in [5, 5.41) is 0. The highest BCUT2D eigenvalue weighted by atomic mass is 16.2. The van der Waals surface area contributed by atoms with E-state index in [-0.39, 0.29) is 5.91 Å². The van der Waals surface area contributed by atoms with E-state index in [1.54, 1.807) is 0 Å². The Balaban J connectivity index is 2.29. The largest absolute Gasteiger partial charge is 0.317 e. The highest BCUT2D eigenvalue weighted by molar-refractivity contribution is 6.01. The van der Waals surface area contributed by atoms with Crippen LogP contribution in [0, 0.1) is 0 Å². The van der Waals surface area contributed by atoms with Crippen LogP contribution in [0.2, 0.25) is 0 Å². The lowest BCUT2D eigenvalue weighted by molar-refractivity contribution is -0.123. The van der Waals surface area contributed by atoms with E-state index < -0.39 is 5.54 Å². The second-order valence-corrected chi connectivity index (χ2v) is 4.70. The van der Waals surface area contributed by atoms with Crippen LogP contribution in [-0.4, -0.2) is 18.0 Å². The van der Waals surface area contributed by atoms with Gasteiger partial charge in [0.15, 0.2) is 0 Å². The maximum atomic E-state index is 12.5. The van der Waals surface area contributed by atoms with Crippen LogP contribution < -0.4 is 10.6 Å². The van der Waals surface area contributed by atoms with Crippen LogP contribution in [0.4, 0.5) is 5.69 Å². The molecule has 17 heavy (non-hydrogen) atoms. The van der Waals surface area contributed by atoms with Crippen molar-refractivity contribution in [2.75, 3.05) is 11.4 Å². The van der Waals surface area contributed by atoms with E-state index in [1.807, 2.05) is 36.9 Å². The molecule has 1 heterocycles. The van der Waals surface area contributed by atoms with Crippen molar-refractivity contribution in [2.24, 2.45) is 5.73 Å². The zero-order chi connectivity index (χ0) is 12.5. The van der Waals surface area contributed by atoms with E-state index in [4.69, 9.17) is 5.73 Å². The first-order valence-electron chi connectivity index (χ1n) is 6.31. The second kappa shape index (κ2) is 4.49. The van der Waals surface area contributed by atoms with Crippen LogP contribution in [-0.2, 0) is 11.2 Å². The van der Waals surface area contributed by atoms with Gasteiger partial charge in [-0.05, 0) is 30.9 Å². The lowest BCUT2D eigenvalue weighted by atomic mass is 9.92. The minimum Gasteiger partial charge on any atom is -0.317 e. The summed E-state index contributed by atoms with van der Waals surface area (Å²) < 4.78 is 0. The number of fused-ring (bicyclic) bond motifs is 1. The number of hydrogen-bond donors (Lipinski definition) is 1. The van der Waals surface area contributed by atoms with Crippen molar-refractivity contribution in [1.82, 2.24) is 0 Å². The molecule has 0 saturated carbocycles. The normalized spacial score (nSPS) is 14.9. The molecule has 1 aliphatic heterocycles. The number of carbonyl (C=O) groups is 1. The molecule has 0 bridgehead atoms. The Bertz CT molecular complexity index is 424. The summed E-state index contributed by atoms with van der Waals surface area (Å²) in [4.78, 5) is 14.3. The van der Waals surface area contributed by atoms with Gasteiger partial charge < -0.3 is 10.6 Å². The number of hydrogen-bond acceptors (Lipinski definition) is 2. The van der Waals surface area contributed by atoms with Crippen molar-refractivity contribution in [3.8, 4) is 0 Å². The second-order valence-electron chi connectivity index (χ2n) is 4.70. The number of rotatable bonds is 3. The topological polar surface area (TPSA) is 46.3 Å². The molecule has 92 valence electrons. The Morgan fingerprint density at radius 3 is 2.65 bits per heavy atom. The Morgan fingerprint density at radius 2 is 2.00 bits per heavy atom. The molecule has 1 aromatic carbocycles. The first kappa shape index (κ1) is 12.1. The standard InChI is InChI=1S/C14H20N2O/c1-3-14(15,4-2)13(17)16-10-9-11-7-5-6-8-12(11)16/h5-8H,3-4,9-10,15H2,1-2H3. The third kappa shape index (κ3) is 1.95. The van der Waals surface area contributed by atoms with Gasteiger partial charge in [-0.2, -0.15) is 0 Å². The van der Waals surface area contributed by atoms with Crippen molar-refractivity contribution in [3.63, 3.8) is 0 Å². The van der Waals surface area contributed by atoms with Crippen molar-refractivity contribution < 1.29 is 4.79 Å². The average molecular weight is 232 g/mol. The van der Waals surface area contributed by atoms with Gasteiger partial charge in [-0.25, -0.2) is 0 Å². The molecule has 1 amide bonds. The van der Waals surface area contributed by atoms with Crippen LogP contribution in [0.25, 0.3) is 0 Å². The molecule has 1 aliphatic rings. The van der Waals surface area contributed by atoms with Crippen molar-refractivity contribution in [3.05, 3.63) is 29.8 Å². The SMILES string of the molecule is CCC(N)(CC)C(=O)N1CCc2ccccc21. The van der Waals surface area contributed by atoms with Gasteiger partial charge in [0.05, 0.1) is 5.54 Å².